The first-order valence-electron chi connectivity index (χ1n) is 6.32. The van der Waals surface area contributed by atoms with Gasteiger partial charge in [-0.1, -0.05) is 17.7 Å². The smallest absolute Gasteiger partial charge is 0.0426 e. The number of benzene rings is 1. The largest absolute Gasteiger partial charge is 0.371 e. The molecule has 3 heteroatoms. The number of hydrogen-bond donors (Lipinski definition) is 1. The highest BCUT2D eigenvalue weighted by Crippen LogP contribution is 2.29. The van der Waals surface area contributed by atoms with Crippen molar-refractivity contribution in [2.24, 2.45) is 5.73 Å². The summed E-state index contributed by atoms with van der Waals surface area (Å²) in [6.07, 6.45) is 4.64. The van der Waals surface area contributed by atoms with Gasteiger partial charge in [0.25, 0.3) is 0 Å². The number of anilines is 1. The van der Waals surface area contributed by atoms with Gasteiger partial charge in [-0.25, -0.2) is 0 Å². The normalized spacial score (nSPS) is 24.7. The molecule has 0 unspecified atom stereocenters. The SMILES string of the molecule is Cc1ccc(Cl)cc1N(C)C1CCC(N)CC1. The van der Waals surface area contributed by atoms with Gasteiger partial charge in [-0.15, -0.1) is 0 Å². The fourth-order valence-corrected chi connectivity index (χ4v) is 2.81. The van der Waals surface area contributed by atoms with Crippen LogP contribution in [0.1, 0.15) is 31.2 Å². The van der Waals surface area contributed by atoms with Gasteiger partial charge in [0.05, 0.1) is 0 Å². The Balaban J connectivity index is 2.13. The molecular weight excluding hydrogens is 232 g/mol. The molecule has 1 aliphatic carbocycles. The van der Waals surface area contributed by atoms with Crippen LogP contribution in [0.15, 0.2) is 18.2 Å². The number of aryl methyl sites for hydroxylation is 1. The highest BCUT2D eigenvalue weighted by atomic mass is 35.5. The Hall–Kier alpha value is -0.730. The fraction of sp³-hybridized carbons (Fsp3) is 0.571. The molecule has 0 spiro atoms. The maximum atomic E-state index is 6.08. The lowest BCUT2D eigenvalue weighted by Gasteiger charge is -2.35. The summed E-state index contributed by atoms with van der Waals surface area (Å²) in [4.78, 5) is 2.37. The van der Waals surface area contributed by atoms with Crippen molar-refractivity contribution in [3.05, 3.63) is 28.8 Å². The summed E-state index contributed by atoms with van der Waals surface area (Å²) in [6, 6.07) is 7.10. The highest BCUT2D eigenvalue weighted by Gasteiger charge is 2.22. The van der Waals surface area contributed by atoms with E-state index in [9.17, 15) is 0 Å². The maximum Gasteiger partial charge on any atom is 0.0426 e. The lowest BCUT2D eigenvalue weighted by atomic mass is 9.90. The first-order valence-corrected chi connectivity index (χ1v) is 6.70. The molecule has 0 atom stereocenters. The van der Waals surface area contributed by atoms with E-state index in [0.29, 0.717) is 12.1 Å². The second kappa shape index (κ2) is 5.28. The number of nitrogens with zero attached hydrogens (tertiary/aromatic N) is 1. The van der Waals surface area contributed by atoms with E-state index in [4.69, 9.17) is 17.3 Å². The van der Waals surface area contributed by atoms with Crippen molar-refractivity contribution in [3.63, 3.8) is 0 Å². The lowest BCUT2D eigenvalue weighted by molar-refractivity contribution is 0.385. The van der Waals surface area contributed by atoms with Gasteiger partial charge < -0.3 is 10.6 Å². The van der Waals surface area contributed by atoms with E-state index in [1.807, 2.05) is 6.07 Å². The van der Waals surface area contributed by atoms with E-state index in [1.165, 1.54) is 24.1 Å². The van der Waals surface area contributed by atoms with Crippen molar-refractivity contribution in [1.29, 1.82) is 0 Å². The summed E-state index contributed by atoms with van der Waals surface area (Å²) in [5.74, 6) is 0. The molecule has 0 radical (unpaired) electrons. The van der Waals surface area contributed by atoms with Crippen LogP contribution >= 0.6 is 11.6 Å². The summed E-state index contributed by atoms with van der Waals surface area (Å²) in [6.45, 7) is 2.14. The summed E-state index contributed by atoms with van der Waals surface area (Å²) in [5.41, 5.74) is 8.48. The van der Waals surface area contributed by atoms with Gasteiger partial charge in [0, 0.05) is 29.8 Å². The molecule has 1 fully saturated rings. The van der Waals surface area contributed by atoms with E-state index >= 15 is 0 Å². The van der Waals surface area contributed by atoms with Crippen molar-refractivity contribution >= 4 is 17.3 Å². The zero-order valence-electron chi connectivity index (χ0n) is 10.6. The average molecular weight is 253 g/mol. The van der Waals surface area contributed by atoms with Crippen LogP contribution in [0.5, 0.6) is 0 Å². The molecule has 94 valence electrons. The van der Waals surface area contributed by atoms with Crippen molar-refractivity contribution in [3.8, 4) is 0 Å². The standard InChI is InChI=1S/C14H21ClN2/c1-10-3-4-11(15)9-14(10)17(2)13-7-5-12(16)6-8-13/h3-4,9,12-13H,5-8,16H2,1-2H3. The third-order valence-electron chi connectivity index (χ3n) is 3.84. The van der Waals surface area contributed by atoms with E-state index < -0.39 is 0 Å². The molecule has 1 aliphatic rings. The molecule has 17 heavy (non-hydrogen) atoms. The van der Waals surface area contributed by atoms with Crippen LogP contribution in [0.4, 0.5) is 5.69 Å². The Morgan fingerprint density at radius 3 is 2.53 bits per heavy atom. The predicted molar refractivity (Wildman–Crippen MR) is 74.8 cm³/mol. The Bertz CT molecular complexity index is 384. The summed E-state index contributed by atoms with van der Waals surface area (Å²) < 4.78 is 0. The van der Waals surface area contributed by atoms with Crippen LogP contribution in [0, 0.1) is 6.92 Å². The molecule has 1 aromatic carbocycles. The van der Waals surface area contributed by atoms with Crippen molar-refractivity contribution in [2.45, 2.75) is 44.7 Å². The fourth-order valence-electron chi connectivity index (χ4n) is 2.65. The lowest BCUT2D eigenvalue weighted by Crippen LogP contribution is -2.39. The van der Waals surface area contributed by atoms with Crippen molar-refractivity contribution in [1.82, 2.24) is 0 Å². The van der Waals surface area contributed by atoms with Gasteiger partial charge >= 0.3 is 0 Å². The van der Waals surface area contributed by atoms with E-state index in [1.54, 1.807) is 0 Å². The maximum absolute atomic E-state index is 6.08. The number of rotatable bonds is 2. The molecule has 0 aromatic heterocycles. The molecule has 0 bridgehead atoms. The minimum atomic E-state index is 0.403. The number of hydrogen-bond acceptors (Lipinski definition) is 2. The van der Waals surface area contributed by atoms with Crippen molar-refractivity contribution < 1.29 is 0 Å². The Morgan fingerprint density at radius 2 is 1.88 bits per heavy atom. The second-order valence-corrected chi connectivity index (χ2v) is 5.55. The first-order chi connectivity index (χ1) is 8.08. The molecule has 0 saturated heterocycles. The zero-order chi connectivity index (χ0) is 12.4. The van der Waals surface area contributed by atoms with E-state index in [2.05, 4.69) is 31.0 Å². The Labute approximate surface area is 109 Å². The van der Waals surface area contributed by atoms with Crippen LogP contribution in [0.25, 0.3) is 0 Å². The molecule has 1 aromatic rings. The molecule has 2 rings (SSSR count). The van der Waals surface area contributed by atoms with Gasteiger partial charge in [-0.05, 0) is 50.3 Å². The van der Waals surface area contributed by atoms with Crippen LogP contribution in [-0.2, 0) is 0 Å². The van der Waals surface area contributed by atoms with Gasteiger partial charge in [-0.3, -0.25) is 0 Å². The molecule has 0 amide bonds. The number of halogens is 1. The Kier molecular flexibility index (Phi) is 3.95. The topological polar surface area (TPSA) is 29.3 Å². The van der Waals surface area contributed by atoms with Crippen LogP contribution < -0.4 is 10.6 Å². The predicted octanol–water partition coefficient (Wildman–Crippen LogP) is 3.35. The van der Waals surface area contributed by atoms with Crippen molar-refractivity contribution in [2.75, 3.05) is 11.9 Å². The molecule has 2 N–H and O–H groups in total. The summed E-state index contributed by atoms with van der Waals surface area (Å²) in [5, 5.41) is 0.810. The van der Waals surface area contributed by atoms with E-state index in [-0.39, 0.29) is 0 Å². The summed E-state index contributed by atoms with van der Waals surface area (Å²) >= 11 is 6.08. The van der Waals surface area contributed by atoms with Crippen LogP contribution in [-0.4, -0.2) is 19.1 Å². The minimum absolute atomic E-state index is 0.403. The average Bonchev–Trinajstić information content (AvgIpc) is 2.32. The van der Waals surface area contributed by atoms with Gasteiger partial charge in [-0.2, -0.15) is 0 Å². The first kappa shape index (κ1) is 12.7. The minimum Gasteiger partial charge on any atom is -0.371 e. The quantitative estimate of drug-likeness (QED) is 0.875. The van der Waals surface area contributed by atoms with Gasteiger partial charge in [0.15, 0.2) is 0 Å². The van der Waals surface area contributed by atoms with E-state index in [0.717, 1.165) is 17.9 Å². The third kappa shape index (κ3) is 2.93. The molecule has 0 heterocycles. The molecular formula is C14H21ClN2. The van der Waals surface area contributed by atoms with Gasteiger partial charge in [0.1, 0.15) is 0 Å². The second-order valence-electron chi connectivity index (χ2n) is 5.11. The molecule has 2 nitrogen and oxygen atoms in total. The monoisotopic (exact) mass is 252 g/mol. The molecule has 0 aliphatic heterocycles. The van der Waals surface area contributed by atoms with Gasteiger partial charge in [0.2, 0.25) is 0 Å². The molecule has 1 saturated carbocycles. The third-order valence-corrected chi connectivity index (χ3v) is 4.08. The zero-order valence-corrected chi connectivity index (χ0v) is 11.4. The summed E-state index contributed by atoms with van der Waals surface area (Å²) in [7, 11) is 2.17. The highest BCUT2D eigenvalue weighted by molar-refractivity contribution is 6.30. The Morgan fingerprint density at radius 1 is 1.24 bits per heavy atom. The van der Waals surface area contributed by atoms with Crippen LogP contribution in [0.2, 0.25) is 5.02 Å². The van der Waals surface area contributed by atoms with Crippen LogP contribution in [0.3, 0.4) is 0 Å². The number of nitrogens with two attached hydrogens (primary N) is 1.